The van der Waals surface area contributed by atoms with Crippen molar-refractivity contribution in [1.29, 1.82) is 0 Å². The van der Waals surface area contributed by atoms with E-state index in [1.165, 1.54) is 38.5 Å². The third-order valence-corrected chi connectivity index (χ3v) is 4.05. The Morgan fingerprint density at radius 3 is 1.48 bits per heavy atom. The minimum absolute atomic E-state index is 0.282. The first-order valence-corrected chi connectivity index (χ1v) is 9.49. The van der Waals surface area contributed by atoms with Gasteiger partial charge >= 0.3 is 11.9 Å². The molecule has 0 unspecified atom stereocenters. The molecule has 0 amide bonds. The predicted molar refractivity (Wildman–Crippen MR) is 102 cm³/mol. The summed E-state index contributed by atoms with van der Waals surface area (Å²) in [7, 11) is 0. The molecule has 0 saturated carbocycles. The van der Waals surface area contributed by atoms with Crippen LogP contribution in [-0.4, -0.2) is 17.7 Å². The third kappa shape index (κ3) is 11.6. The summed E-state index contributed by atoms with van der Waals surface area (Å²) >= 11 is 0. The van der Waals surface area contributed by atoms with Gasteiger partial charge in [0.05, 0.1) is 0 Å². The quantitative estimate of drug-likeness (QED) is 0.170. The van der Waals surface area contributed by atoms with E-state index in [9.17, 15) is 9.59 Å². The molecule has 0 aromatic rings. The summed E-state index contributed by atoms with van der Waals surface area (Å²) in [6, 6.07) is 0. The van der Waals surface area contributed by atoms with Crippen molar-refractivity contribution in [3.8, 4) is 0 Å². The van der Waals surface area contributed by atoms with E-state index in [1.54, 1.807) is 20.8 Å². The highest BCUT2D eigenvalue weighted by molar-refractivity contribution is 5.89. The highest BCUT2D eigenvalue weighted by atomic mass is 16.7. The number of esters is 2. The largest absolute Gasteiger partial charge is 0.419 e. The fraction of sp³-hybridized carbons (Fsp3) is 0.714. The van der Waals surface area contributed by atoms with Crippen LogP contribution in [0.2, 0.25) is 0 Å². The summed E-state index contributed by atoms with van der Waals surface area (Å²) in [5.41, 5.74) is 0.564. The minimum Gasteiger partial charge on any atom is -0.419 e. The second-order valence-corrected chi connectivity index (χ2v) is 7.05. The molecule has 0 radical (unpaired) electrons. The Labute approximate surface area is 153 Å². The molecule has 0 atom stereocenters. The molecule has 0 bridgehead atoms. The zero-order valence-corrected chi connectivity index (χ0v) is 16.6. The van der Waals surface area contributed by atoms with Crippen molar-refractivity contribution in [2.24, 2.45) is 0 Å². The van der Waals surface area contributed by atoms with Gasteiger partial charge in [-0.2, -0.15) is 0 Å². The molecule has 0 N–H and O–H groups in total. The first kappa shape index (κ1) is 23.4. The molecule has 4 heteroatoms. The number of unbranched alkanes of at least 4 members (excludes halogenated alkanes) is 8. The van der Waals surface area contributed by atoms with Crippen molar-refractivity contribution in [3.05, 3.63) is 24.3 Å². The predicted octanol–water partition coefficient (Wildman–Crippen LogP) is 5.86. The van der Waals surface area contributed by atoms with E-state index >= 15 is 0 Å². The van der Waals surface area contributed by atoms with E-state index in [0.29, 0.717) is 6.42 Å². The summed E-state index contributed by atoms with van der Waals surface area (Å²) in [5, 5.41) is 0. The lowest BCUT2D eigenvalue weighted by atomic mass is 10.0. The van der Waals surface area contributed by atoms with Crippen molar-refractivity contribution in [2.45, 2.75) is 97.7 Å². The lowest BCUT2D eigenvalue weighted by molar-refractivity contribution is -0.219. The van der Waals surface area contributed by atoms with E-state index in [1.807, 2.05) is 0 Å². The molecule has 0 aliphatic rings. The van der Waals surface area contributed by atoms with Gasteiger partial charge in [0.15, 0.2) is 0 Å². The van der Waals surface area contributed by atoms with E-state index in [2.05, 4.69) is 20.1 Å². The lowest BCUT2D eigenvalue weighted by Crippen LogP contribution is -2.37. The maximum atomic E-state index is 11.8. The fourth-order valence-corrected chi connectivity index (χ4v) is 2.45. The Morgan fingerprint density at radius 2 is 1.12 bits per heavy atom. The number of carbonyl (C=O) groups is 2. The van der Waals surface area contributed by atoms with Crippen LogP contribution < -0.4 is 0 Å². The lowest BCUT2D eigenvalue weighted by Gasteiger charge is -2.29. The van der Waals surface area contributed by atoms with Crippen molar-refractivity contribution in [3.63, 3.8) is 0 Å². The summed E-state index contributed by atoms with van der Waals surface area (Å²) in [5.74, 6) is -2.37. The van der Waals surface area contributed by atoms with E-state index in [-0.39, 0.29) is 11.1 Å². The summed E-state index contributed by atoms with van der Waals surface area (Å²) < 4.78 is 10.7. The second kappa shape index (κ2) is 12.7. The van der Waals surface area contributed by atoms with Gasteiger partial charge in [-0.05, 0) is 20.3 Å². The molecule has 0 fully saturated rings. The Bertz CT molecular complexity index is 423. The molecule has 0 aromatic carbocycles. The van der Waals surface area contributed by atoms with Crippen LogP contribution >= 0.6 is 0 Å². The molecule has 0 aliphatic heterocycles. The molecule has 0 spiro atoms. The molecule has 0 saturated heterocycles. The number of hydrogen-bond donors (Lipinski definition) is 0. The van der Waals surface area contributed by atoms with Gasteiger partial charge in [0.2, 0.25) is 0 Å². The number of hydrogen-bond acceptors (Lipinski definition) is 4. The number of carbonyl (C=O) groups excluding carboxylic acids is 2. The van der Waals surface area contributed by atoms with Gasteiger partial charge in [-0.1, -0.05) is 71.4 Å². The second-order valence-electron chi connectivity index (χ2n) is 7.05. The zero-order valence-electron chi connectivity index (χ0n) is 16.6. The molecule has 25 heavy (non-hydrogen) atoms. The van der Waals surface area contributed by atoms with Crippen molar-refractivity contribution < 1.29 is 19.1 Å². The van der Waals surface area contributed by atoms with Crippen molar-refractivity contribution in [2.75, 3.05) is 0 Å². The zero-order chi connectivity index (χ0) is 19.3. The molecular weight excluding hydrogens is 316 g/mol. The van der Waals surface area contributed by atoms with E-state index < -0.39 is 17.7 Å². The van der Waals surface area contributed by atoms with E-state index in [4.69, 9.17) is 9.47 Å². The smallest absolute Gasteiger partial charge is 0.336 e. The van der Waals surface area contributed by atoms with Gasteiger partial charge < -0.3 is 9.47 Å². The van der Waals surface area contributed by atoms with Gasteiger partial charge in [0, 0.05) is 24.5 Å². The third-order valence-electron chi connectivity index (χ3n) is 4.05. The van der Waals surface area contributed by atoms with Gasteiger partial charge in [0.25, 0.3) is 5.79 Å². The van der Waals surface area contributed by atoms with Crippen LogP contribution in [0.25, 0.3) is 0 Å². The number of ether oxygens (including phenoxy) is 2. The molecule has 0 rings (SSSR count). The Hall–Kier alpha value is -1.58. The first-order chi connectivity index (χ1) is 11.7. The summed E-state index contributed by atoms with van der Waals surface area (Å²) in [4.78, 5) is 23.7. The van der Waals surface area contributed by atoms with Crippen LogP contribution in [0, 0.1) is 0 Å². The van der Waals surface area contributed by atoms with E-state index in [0.717, 1.165) is 19.3 Å². The van der Waals surface area contributed by atoms with Crippen LogP contribution in [0.3, 0.4) is 0 Å². The maximum Gasteiger partial charge on any atom is 0.336 e. The van der Waals surface area contributed by atoms with Crippen LogP contribution in [0.5, 0.6) is 0 Å². The summed E-state index contributed by atoms with van der Waals surface area (Å²) in [6.07, 6.45) is 11.2. The SMILES string of the molecule is C=C(C)C(=O)OC(C)(CCCCCCCCCCC)OC(=O)C(=C)C. The molecule has 0 heterocycles. The average molecular weight is 353 g/mol. The fourth-order valence-electron chi connectivity index (χ4n) is 2.45. The first-order valence-electron chi connectivity index (χ1n) is 9.49. The highest BCUT2D eigenvalue weighted by Gasteiger charge is 2.33. The van der Waals surface area contributed by atoms with Gasteiger partial charge in [-0.15, -0.1) is 0 Å². The van der Waals surface area contributed by atoms with Gasteiger partial charge in [-0.3, -0.25) is 0 Å². The molecule has 0 aromatic heterocycles. The monoisotopic (exact) mass is 352 g/mol. The number of rotatable bonds is 14. The highest BCUT2D eigenvalue weighted by Crippen LogP contribution is 2.24. The Kier molecular flexibility index (Phi) is 11.9. The molecule has 0 aliphatic carbocycles. The Balaban J connectivity index is 4.30. The van der Waals surface area contributed by atoms with Crippen LogP contribution in [0.15, 0.2) is 24.3 Å². The van der Waals surface area contributed by atoms with Crippen LogP contribution in [-0.2, 0) is 19.1 Å². The minimum atomic E-state index is -1.27. The molecule has 4 nitrogen and oxygen atoms in total. The van der Waals surface area contributed by atoms with Crippen molar-refractivity contribution >= 4 is 11.9 Å². The van der Waals surface area contributed by atoms with Crippen LogP contribution in [0.1, 0.15) is 91.9 Å². The van der Waals surface area contributed by atoms with Gasteiger partial charge in [0.1, 0.15) is 0 Å². The van der Waals surface area contributed by atoms with Crippen LogP contribution in [0.4, 0.5) is 0 Å². The average Bonchev–Trinajstić information content (AvgIpc) is 2.52. The Morgan fingerprint density at radius 1 is 0.760 bits per heavy atom. The van der Waals surface area contributed by atoms with Crippen molar-refractivity contribution in [1.82, 2.24) is 0 Å². The topological polar surface area (TPSA) is 52.6 Å². The normalized spacial score (nSPS) is 11.0. The van der Waals surface area contributed by atoms with Gasteiger partial charge in [-0.25, -0.2) is 9.59 Å². The maximum absolute atomic E-state index is 11.8. The standard InChI is InChI=1S/C21H36O4/c1-7-8-9-10-11-12-13-14-15-16-21(6,24-19(22)17(2)3)25-20(23)18(4)5/h2,4,7-16H2,1,3,5-6H3. The molecule has 144 valence electrons. The summed E-state index contributed by atoms with van der Waals surface area (Å²) in [6.45, 7) is 14.1. The molecular formula is C21H36O4.